The minimum atomic E-state index is -1.12. The molecule has 146 heavy (non-hydrogen) atoms. The van der Waals surface area contributed by atoms with Crippen molar-refractivity contribution in [3.05, 3.63) is 198 Å². The first-order valence-electron chi connectivity index (χ1n) is 54.5. The fourth-order valence-corrected chi connectivity index (χ4v) is 21.4. The summed E-state index contributed by atoms with van der Waals surface area (Å²) in [7, 11) is 0. The number of nitrogens with one attached hydrogen (secondary N) is 2. The molecule has 9 aromatic rings. The van der Waals surface area contributed by atoms with E-state index in [0.717, 1.165) is 44.9 Å². The summed E-state index contributed by atoms with van der Waals surface area (Å²) in [6, 6.07) is 50.3. The molecule has 6 aromatic carbocycles. The van der Waals surface area contributed by atoms with Crippen LogP contribution in [-0.2, 0) is 71.7 Å². The number of aliphatic hydroxyl groups excluding tert-OH is 1. The second-order valence-corrected chi connectivity index (χ2v) is 43.3. The zero-order chi connectivity index (χ0) is 103. The van der Waals surface area contributed by atoms with Crippen LogP contribution in [0, 0.1) is 35.5 Å². The topological polar surface area (TPSA) is 375 Å². The third kappa shape index (κ3) is 35.8. The molecule has 0 radical (unpaired) electrons. The number of likely N-dealkylation sites (tertiary alicyclic amines) is 3. The summed E-state index contributed by atoms with van der Waals surface area (Å²) in [6.07, 6.45) is 27.9. The number of alkyl carbamates (subject to hydrolysis) is 2. The quantitative estimate of drug-likeness (QED) is 0.0203. The van der Waals surface area contributed by atoms with Gasteiger partial charge in [0.05, 0.1) is 36.4 Å². The van der Waals surface area contributed by atoms with Crippen LogP contribution in [0.15, 0.2) is 177 Å². The maximum Gasteiger partial charge on any atom is 0.407 e. The zero-order valence-electron chi connectivity index (χ0n) is 87.1. The van der Waals surface area contributed by atoms with E-state index in [1.54, 1.807) is 65.8 Å². The first kappa shape index (κ1) is 112. The van der Waals surface area contributed by atoms with Gasteiger partial charge in [-0.05, 0) is 235 Å². The molecular formula is C118H159N9O19. The molecular weight excluding hydrogens is 1850 g/mol. The summed E-state index contributed by atoms with van der Waals surface area (Å²) in [5.74, 6) is -0.994. The molecule has 10 atom stereocenters. The number of rotatable bonds is 50. The average Bonchev–Trinajstić information content (AvgIpc) is 1.67. The highest BCUT2D eigenvalue weighted by atomic mass is 16.6. The largest absolute Gasteiger partial charge is 0.444 e. The number of aromatic nitrogens is 3. The molecule has 6 heterocycles. The number of nitrogens with two attached hydrogens (primary N) is 1. The number of benzene rings is 6. The van der Waals surface area contributed by atoms with Crippen LogP contribution in [0.4, 0.5) is 9.59 Å². The van der Waals surface area contributed by atoms with Gasteiger partial charge in [0.15, 0.2) is 34.1 Å². The van der Waals surface area contributed by atoms with Gasteiger partial charge in [0.25, 0.3) is 11.8 Å². The van der Waals surface area contributed by atoms with Gasteiger partial charge >= 0.3 is 12.2 Å². The molecule has 1 unspecified atom stereocenters. The number of hydrogen-bond acceptors (Lipinski definition) is 23. The molecule has 3 aromatic heterocycles. The lowest BCUT2D eigenvalue weighted by atomic mass is 9.88. The summed E-state index contributed by atoms with van der Waals surface area (Å²) >= 11 is 0. The van der Waals surface area contributed by atoms with Gasteiger partial charge in [-0.25, -0.2) is 24.5 Å². The zero-order valence-corrected chi connectivity index (χ0v) is 87.1. The molecule has 6 aliphatic rings. The van der Waals surface area contributed by atoms with E-state index in [0.29, 0.717) is 213 Å². The average molecular weight is 2010 g/mol. The molecule has 28 nitrogen and oxygen atoms in total. The standard InChI is InChI=1S/C41H57N3O7.C41H55N3O7.C36H47N3O5/c2*1-41(2,3)51-40(48)42-24-13-12-20-31(38(47)39-43-33-21-10-11-22-36(33)50-39)25-35(45)34-26-32(49-28-30-17-8-5-9-18-30)27-44(34)37(46)23-14-19-29-15-6-4-7-16-29;37-21-10-9-17-28(35(42)36-38-30-18-7-8-19-33(30)44-36)22-32(40)31-23-29(43-25-27-14-5-2-6-15-27)24-39(31)34(41)20-11-16-26-12-3-1-4-13-26/h4,6-7,10-11,15-16,21-22,30-32,34,38,47H,5,8-9,12-14,17-20,23-28H2,1-3H3,(H,42,48);4,6-7,10-11,15-16,21-22,30-32,34H,5,8-9,12-14,17-20,23-28H2,1-3H3,(H,42,48);1,3-4,7-8,12-13,18-19,27-29,31H,2,5-6,9-11,14-17,20-25,37H2/t31-,32-,34+,38?;31-,32-,34+;28-,29-,31+/m111/s1. The Morgan fingerprint density at radius 2 is 0.712 bits per heavy atom. The fraction of sp³-hybridized carbons (Fsp3) is 0.585. The molecule has 3 aliphatic heterocycles. The van der Waals surface area contributed by atoms with Crippen LogP contribution in [0.1, 0.15) is 323 Å². The lowest BCUT2D eigenvalue weighted by Crippen LogP contribution is -2.41. The molecule has 0 bridgehead atoms. The predicted octanol–water partition coefficient (Wildman–Crippen LogP) is 21.9. The number of amides is 5. The number of aliphatic hydroxyl groups is 1. The monoisotopic (exact) mass is 2010 g/mol. The highest BCUT2D eigenvalue weighted by Gasteiger charge is 2.46. The number of Topliss-reactive ketones (excluding diaryl/α,β-unsaturated/α-hetero) is 5. The fourth-order valence-electron chi connectivity index (χ4n) is 21.4. The number of oxazole rings is 3. The molecule has 28 heteroatoms. The Bertz CT molecular complexity index is 5480. The summed E-state index contributed by atoms with van der Waals surface area (Å²) in [5, 5.41) is 17.2. The highest BCUT2D eigenvalue weighted by Crippen LogP contribution is 2.39. The van der Waals surface area contributed by atoms with Crippen LogP contribution in [-0.4, -0.2) is 200 Å². The van der Waals surface area contributed by atoms with Crippen LogP contribution >= 0.6 is 0 Å². The van der Waals surface area contributed by atoms with Crippen molar-refractivity contribution in [1.82, 2.24) is 40.3 Å². The van der Waals surface area contributed by atoms with E-state index in [2.05, 4.69) is 62.0 Å². The van der Waals surface area contributed by atoms with E-state index in [-0.39, 0.29) is 102 Å². The Labute approximate surface area is 861 Å². The molecule has 0 spiro atoms. The Kier molecular flexibility index (Phi) is 44.0. The van der Waals surface area contributed by atoms with Crippen molar-refractivity contribution in [3.63, 3.8) is 0 Å². The van der Waals surface area contributed by atoms with E-state index < -0.39 is 65.4 Å². The summed E-state index contributed by atoms with van der Waals surface area (Å²) in [4.78, 5) is 154. The number of nitrogens with zero attached hydrogens (tertiary/aromatic N) is 6. The Morgan fingerprint density at radius 3 is 1.05 bits per heavy atom. The SMILES string of the molecule is CC(C)(C)OC(=O)NCCCC[C@H](CC(=O)[C@@H]1C[C@@H](OCC2CCCCC2)CN1C(=O)CCCc1ccccc1)C(=O)c1nc2ccccc2o1.CC(C)(C)OC(=O)NCCCC[C@H](CC(=O)[C@@H]1C[C@@H](OCC2CCCCC2)CN1C(=O)CCCc1ccccc1)C(O)c1nc2ccccc2o1.NCCCC[C@H](CC(=O)[C@@H]1C[C@@H](OCC2CCCCC2)CN1C(=O)CCCc1ccccc1)C(=O)c1nc2ccccc2o1. The maximum absolute atomic E-state index is 14.3. The second kappa shape index (κ2) is 57.4. The van der Waals surface area contributed by atoms with E-state index in [4.69, 9.17) is 42.7 Å². The number of unbranched alkanes of at least 4 members (excludes halogenated alkanes) is 3. The van der Waals surface area contributed by atoms with Gasteiger partial charge in [-0.3, -0.25) is 38.4 Å². The van der Waals surface area contributed by atoms with E-state index in [9.17, 15) is 53.1 Å². The van der Waals surface area contributed by atoms with Crippen molar-refractivity contribution in [2.75, 3.05) is 59.1 Å². The molecule has 3 saturated carbocycles. The van der Waals surface area contributed by atoms with Crippen molar-refractivity contribution in [2.45, 2.75) is 346 Å². The lowest BCUT2D eigenvalue weighted by molar-refractivity contribution is -0.138. The van der Waals surface area contributed by atoms with Gasteiger partial charge in [-0.1, -0.05) is 204 Å². The van der Waals surface area contributed by atoms with Crippen LogP contribution in [0.25, 0.3) is 33.3 Å². The number of carbonyl (C=O) groups excluding carboxylic acids is 10. The van der Waals surface area contributed by atoms with Gasteiger partial charge in [-0.2, -0.15) is 0 Å². The first-order chi connectivity index (χ1) is 70.6. The minimum absolute atomic E-state index is 0.0187. The molecule has 15 rings (SSSR count). The third-order valence-electron chi connectivity index (χ3n) is 29.3. The number of carbonyl (C=O) groups is 10. The summed E-state index contributed by atoms with van der Waals surface area (Å²) in [6.45, 7) is 15.4. The third-order valence-corrected chi connectivity index (χ3v) is 29.3. The van der Waals surface area contributed by atoms with Crippen LogP contribution in [0.5, 0.6) is 0 Å². The summed E-state index contributed by atoms with van der Waals surface area (Å²) < 4.78 is 47.4. The molecule has 5 N–H and O–H groups in total. The highest BCUT2D eigenvalue weighted by molar-refractivity contribution is 6.01. The van der Waals surface area contributed by atoms with Crippen LogP contribution in [0.3, 0.4) is 0 Å². The van der Waals surface area contributed by atoms with Gasteiger partial charge in [0.2, 0.25) is 35.2 Å². The van der Waals surface area contributed by atoms with Crippen molar-refractivity contribution in [1.29, 1.82) is 0 Å². The number of ketones is 5. The number of aryl methyl sites for hydroxylation is 3. The second-order valence-electron chi connectivity index (χ2n) is 43.3. The van der Waals surface area contributed by atoms with Crippen molar-refractivity contribution >= 4 is 92.1 Å². The molecule has 790 valence electrons. The van der Waals surface area contributed by atoms with Crippen LogP contribution in [0.2, 0.25) is 0 Å². The number of para-hydroxylation sites is 6. The van der Waals surface area contributed by atoms with Gasteiger partial charge in [-0.15, -0.1) is 0 Å². The molecule has 6 fully saturated rings. The maximum atomic E-state index is 14.3. The number of ether oxygens (including phenoxy) is 5. The van der Waals surface area contributed by atoms with E-state index in [1.165, 1.54) is 100 Å². The Balaban J connectivity index is 0.000000184. The molecule has 3 aliphatic carbocycles. The molecule has 5 amide bonds. The normalized spacial score (nSPS) is 19.4. The van der Waals surface area contributed by atoms with Gasteiger partial charge in [0.1, 0.15) is 33.9 Å². The van der Waals surface area contributed by atoms with Gasteiger partial charge < -0.3 is 73.1 Å². The smallest absolute Gasteiger partial charge is 0.407 e. The van der Waals surface area contributed by atoms with Gasteiger partial charge in [0, 0.05) is 128 Å². The Morgan fingerprint density at radius 1 is 0.390 bits per heavy atom. The Hall–Kier alpha value is -11.2. The van der Waals surface area contributed by atoms with Crippen molar-refractivity contribution in [3.8, 4) is 0 Å². The summed E-state index contributed by atoms with van der Waals surface area (Å²) in [5.41, 5.74) is 11.6. The number of fused-ring (bicyclic) bond motifs is 3. The minimum Gasteiger partial charge on any atom is -0.444 e. The molecule has 3 saturated heterocycles. The first-order valence-corrected chi connectivity index (χ1v) is 54.5. The lowest BCUT2D eigenvalue weighted by Gasteiger charge is -2.26. The van der Waals surface area contributed by atoms with Crippen molar-refractivity contribution in [2.24, 2.45) is 41.2 Å². The van der Waals surface area contributed by atoms with E-state index >= 15 is 0 Å². The van der Waals surface area contributed by atoms with E-state index in [1.807, 2.05) is 118 Å². The van der Waals surface area contributed by atoms with Crippen LogP contribution < -0.4 is 16.4 Å². The predicted molar refractivity (Wildman–Crippen MR) is 562 cm³/mol. The van der Waals surface area contributed by atoms with Crippen molar-refractivity contribution < 1.29 is 90.0 Å². The number of hydrogen-bond donors (Lipinski definition) is 4.